The van der Waals surface area contributed by atoms with Crippen molar-refractivity contribution in [1.29, 1.82) is 0 Å². The maximum absolute atomic E-state index is 12.0. The molecule has 1 atom stereocenters. The molecule has 0 aliphatic carbocycles. The van der Waals surface area contributed by atoms with Gasteiger partial charge in [-0.1, -0.05) is 43.3 Å². The zero-order valence-corrected chi connectivity index (χ0v) is 10.9. The van der Waals surface area contributed by atoms with E-state index in [2.05, 4.69) is 0 Å². The summed E-state index contributed by atoms with van der Waals surface area (Å²) in [7, 11) is 0. The van der Waals surface area contributed by atoms with Gasteiger partial charge in [0.15, 0.2) is 0 Å². The normalized spacial score (nSPS) is 18.9. The summed E-state index contributed by atoms with van der Waals surface area (Å²) in [4.78, 5) is 24.8. The lowest BCUT2D eigenvalue weighted by atomic mass is 10.1. The fourth-order valence-corrected chi connectivity index (χ4v) is 2.07. The maximum atomic E-state index is 12.0. The van der Waals surface area contributed by atoms with E-state index in [0.29, 0.717) is 6.42 Å². The molecule has 0 bridgehead atoms. The van der Waals surface area contributed by atoms with Crippen LogP contribution in [0.25, 0.3) is 0 Å². The molecule has 1 fully saturated rings. The number of imide groups is 1. The smallest absolute Gasteiger partial charge is 0.417 e. The van der Waals surface area contributed by atoms with E-state index in [4.69, 9.17) is 4.74 Å². The molecule has 1 aromatic carbocycles. The summed E-state index contributed by atoms with van der Waals surface area (Å²) in [5, 5.41) is 0. The van der Waals surface area contributed by atoms with Crippen molar-refractivity contribution in [3.8, 4) is 0 Å². The standard InChI is InChI=1S/C15H17NO3/c1-2-3-9-14(17)16-13(11-19-15(16)18)10-12-7-5-4-6-8-12/h3-9,13H,2,10-11H2,1H3/t13-/m1/s1. The van der Waals surface area contributed by atoms with Crippen molar-refractivity contribution in [1.82, 2.24) is 4.90 Å². The van der Waals surface area contributed by atoms with Crippen molar-refractivity contribution in [3.63, 3.8) is 0 Å². The molecule has 1 aliphatic rings. The lowest BCUT2D eigenvalue weighted by molar-refractivity contribution is -0.124. The molecule has 1 aromatic rings. The Hall–Kier alpha value is -2.10. The minimum Gasteiger partial charge on any atom is -0.447 e. The summed E-state index contributed by atoms with van der Waals surface area (Å²) in [5.74, 6) is -0.301. The monoisotopic (exact) mass is 259 g/mol. The first kappa shape index (κ1) is 13.3. The van der Waals surface area contributed by atoms with Gasteiger partial charge < -0.3 is 4.74 Å². The molecule has 4 nitrogen and oxygen atoms in total. The number of benzene rings is 1. The van der Waals surface area contributed by atoms with E-state index in [0.717, 1.165) is 12.0 Å². The van der Waals surface area contributed by atoms with E-state index in [1.165, 1.54) is 11.0 Å². The van der Waals surface area contributed by atoms with Gasteiger partial charge in [0.05, 0.1) is 6.04 Å². The number of carbonyl (C=O) groups is 2. The molecule has 0 spiro atoms. The molecule has 0 unspecified atom stereocenters. The third kappa shape index (κ3) is 3.22. The molecular formula is C15H17NO3. The molecule has 100 valence electrons. The second kappa shape index (κ2) is 6.18. The number of amides is 2. The van der Waals surface area contributed by atoms with Crippen molar-refractivity contribution < 1.29 is 14.3 Å². The topological polar surface area (TPSA) is 46.6 Å². The first-order chi connectivity index (χ1) is 9.22. The van der Waals surface area contributed by atoms with Crippen LogP contribution in [0.15, 0.2) is 42.5 Å². The van der Waals surface area contributed by atoms with Crippen LogP contribution in [0.2, 0.25) is 0 Å². The first-order valence-electron chi connectivity index (χ1n) is 6.42. The van der Waals surface area contributed by atoms with Crippen LogP contribution in [0.5, 0.6) is 0 Å². The highest BCUT2D eigenvalue weighted by molar-refractivity contribution is 5.99. The Bertz CT molecular complexity index is 481. The Morgan fingerprint density at radius 1 is 1.42 bits per heavy atom. The Kier molecular flexibility index (Phi) is 4.34. The Morgan fingerprint density at radius 2 is 2.16 bits per heavy atom. The van der Waals surface area contributed by atoms with Crippen LogP contribution < -0.4 is 0 Å². The zero-order chi connectivity index (χ0) is 13.7. The summed E-state index contributed by atoms with van der Waals surface area (Å²) in [6, 6.07) is 9.56. The third-order valence-corrected chi connectivity index (χ3v) is 3.01. The summed E-state index contributed by atoms with van der Waals surface area (Å²) in [6.45, 7) is 2.20. The molecule has 4 heteroatoms. The van der Waals surface area contributed by atoms with E-state index in [1.807, 2.05) is 37.3 Å². The minimum atomic E-state index is -0.549. The predicted molar refractivity (Wildman–Crippen MR) is 71.6 cm³/mol. The van der Waals surface area contributed by atoms with Crippen LogP contribution in [0.3, 0.4) is 0 Å². The van der Waals surface area contributed by atoms with Crippen molar-refractivity contribution in [2.75, 3.05) is 6.61 Å². The molecule has 1 heterocycles. The van der Waals surface area contributed by atoms with Gasteiger partial charge in [0.1, 0.15) is 6.61 Å². The van der Waals surface area contributed by atoms with Gasteiger partial charge in [0.2, 0.25) is 0 Å². The summed E-state index contributed by atoms with van der Waals surface area (Å²) >= 11 is 0. The lowest BCUT2D eigenvalue weighted by Gasteiger charge is -2.17. The van der Waals surface area contributed by atoms with Crippen molar-refractivity contribution in [2.45, 2.75) is 25.8 Å². The molecule has 0 radical (unpaired) electrons. The molecule has 0 saturated carbocycles. The van der Waals surface area contributed by atoms with E-state index >= 15 is 0 Å². The van der Waals surface area contributed by atoms with E-state index in [1.54, 1.807) is 6.08 Å². The van der Waals surface area contributed by atoms with E-state index < -0.39 is 6.09 Å². The molecule has 2 amide bonds. The van der Waals surface area contributed by atoms with Crippen LogP contribution in [0.4, 0.5) is 4.79 Å². The zero-order valence-electron chi connectivity index (χ0n) is 10.9. The molecule has 0 aromatic heterocycles. The van der Waals surface area contributed by atoms with Crippen LogP contribution in [0.1, 0.15) is 18.9 Å². The molecule has 1 saturated heterocycles. The van der Waals surface area contributed by atoms with Gasteiger partial charge in [-0.3, -0.25) is 4.79 Å². The third-order valence-electron chi connectivity index (χ3n) is 3.01. The highest BCUT2D eigenvalue weighted by Crippen LogP contribution is 2.17. The largest absolute Gasteiger partial charge is 0.447 e. The molecule has 2 rings (SSSR count). The van der Waals surface area contributed by atoms with Crippen molar-refractivity contribution in [2.24, 2.45) is 0 Å². The fraction of sp³-hybridized carbons (Fsp3) is 0.333. The van der Waals surface area contributed by atoms with Gasteiger partial charge >= 0.3 is 6.09 Å². The Labute approximate surface area is 112 Å². The maximum Gasteiger partial charge on any atom is 0.417 e. The SMILES string of the molecule is CCC=CC(=O)N1C(=O)OC[C@H]1Cc1ccccc1. The van der Waals surface area contributed by atoms with Crippen LogP contribution in [-0.2, 0) is 16.0 Å². The van der Waals surface area contributed by atoms with Gasteiger partial charge in [-0.2, -0.15) is 0 Å². The van der Waals surface area contributed by atoms with Gasteiger partial charge in [-0.05, 0) is 24.5 Å². The number of hydrogen-bond donors (Lipinski definition) is 0. The van der Waals surface area contributed by atoms with Gasteiger partial charge in [-0.15, -0.1) is 0 Å². The van der Waals surface area contributed by atoms with Crippen LogP contribution in [0, 0.1) is 0 Å². The molecule has 1 aliphatic heterocycles. The predicted octanol–water partition coefficient (Wildman–Crippen LogP) is 2.54. The number of carbonyl (C=O) groups excluding carboxylic acids is 2. The van der Waals surface area contributed by atoms with E-state index in [-0.39, 0.29) is 18.6 Å². The van der Waals surface area contributed by atoms with Gasteiger partial charge in [0, 0.05) is 0 Å². The number of hydrogen-bond acceptors (Lipinski definition) is 3. The number of nitrogens with zero attached hydrogens (tertiary/aromatic N) is 1. The van der Waals surface area contributed by atoms with Crippen LogP contribution in [-0.4, -0.2) is 29.5 Å². The number of allylic oxidation sites excluding steroid dienone is 1. The number of ether oxygens (including phenoxy) is 1. The second-order valence-corrected chi connectivity index (χ2v) is 4.44. The average Bonchev–Trinajstić information content (AvgIpc) is 2.78. The minimum absolute atomic E-state index is 0.219. The molecular weight excluding hydrogens is 242 g/mol. The van der Waals surface area contributed by atoms with Crippen molar-refractivity contribution >= 4 is 12.0 Å². The lowest BCUT2D eigenvalue weighted by Crippen LogP contribution is -2.39. The van der Waals surface area contributed by atoms with E-state index in [9.17, 15) is 9.59 Å². The summed E-state index contributed by atoms with van der Waals surface area (Å²) in [5.41, 5.74) is 1.09. The highest BCUT2D eigenvalue weighted by atomic mass is 16.6. The Balaban J connectivity index is 2.09. The fourth-order valence-electron chi connectivity index (χ4n) is 2.07. The second-order valence-electron chi connectivity index (χ2n) is 4.44. The molecule has 0 N–H and O–H groups in total. The number of rotatable bonds is 4. The Morgan fingerprint density at radius 3 is 2.84 bits per heavy atom. The highest BCUT2D eigenvalue weighted by Gasteiger charge is 2.36. The summed E-state index contributed by atoms with van der Waals surface area (Å²) in [6.07, 6.45) is 4.01. The quantitative estimate of drug-likeness (QED) is 0.781. The van der Waals surface area contributed by atoms with Gasteiger partial charge in [-0.25, -0.2) is 9.69 Å². The van der Waals surface area contributed by atoms with Gasteiger partial charge in [0.25, 0.3) is 5.91 Å². The first-order valence-corrected chi connectivity index (χ1v) is 6.42. The average molecular weight is 259 g/mol. The molecule has 19 heavy (non-hydrogen) atoms. The van der Waals surface area contributed by atoms with Crippen molar-refractivity contribution in [3.05, 3.63) is 48.0 Å². The summed E-state index contributed by atoms with van der Waals surface area (Å²) < 4.78 is 4.98. The number of cyclic esters (lactones) is 1. The van der Waals surface area contributed by atoms with Crippen LogP contribution >= 0.6 is 0 Å².